The number of amides is 2. The maximum Gasteiger partial charge on any atom is 0.242 e. The second-order valence-corrected chi connectivity index (χ2v) is 8.74. The number of benzene rings is 2. The molecule has 2 rings (SSSR count). The first kappa shape index (κ1) is 22.5. The smallest absolute Gasteiger partial charge is 0.242 e. The van der Waals surface area contributed by atoms with Crippen molar-refractivity contribution in [2.24, 2.45) is 0 Å². The van der Waals surface area contributed by atoms with Gasteiger partial charge in [-0.3, -0.25) is 14.5 Å². The molecule has 0 saturated heterocycles. The fraction of sp³-hybridized carbons (Fsp3) is 0.263. The molecule has 2 aromatic carbocycles. The number of halogens is 1. The minimum Gasteiger partial charge on any atom is -0.325 e. The minimum atomic E-state index is -3.54. The summed E-state index contributed by atoms with van der Waals surface area (Å²) >= 11 is 0. The van der Waals surface area contributed by atoms with Crippen LogP contribution >= 0.6 is 0 Å². The van der Waals surface area contributed by atoms with Crippen LogP contribution in [-0.2, 0) is 19.6 Å². The standard InChI is InChI=1S/C19H23FN4O4S/c1-23(2)29(27,28)17-9-7-15(8-10-17)21-18(25)12-24(3)13-19(26)22-16-6-4-5-14(20)11-16/h4-11H,12-13H2,1-3H3,(H,21,25)(H,22,26). The molecule has 0 aliphatic rings. The number of anilines is 2. The van der Waals surface area contributed by atoms with Crippen LogP contribution in [0.25, 0.3) is 0 Å². The van der Waals surface area contributed by atoms with E-state index in [4.69, 9.17) is 0 Å². The Bertz CT molecular complexity index is 978. The maximum atomic E-state index is 13.1. The predicted molar refractivity (Wildman–Crippen MR) is 108 cm³/mol. The van der Waals surface area contributed by atoms with Crippen LogP contribution in [0.1, 0.15) is 0 Å². The Morgan fingerprint density at radius 3 is 1.97 bits per heavy atom. The highest BCUT2D eigenvalue weighted by atomic mass is 32.2. The minimum absolute atomic E-state index is 0.0612. The van der Waals surface area contributed by atoms with Gasteiger partial charge in [-0.25, -0.2) is 17.1 Å². The third kappa shape index (κ3) is 6.63. The molecule has 0 saturated carbocycles. The molecule has 0 aliphatic carbocycles. The summed E-state index contributed by atoms with van der Waals surface area (Å²) < 4.78 is 38.3. The van der Waals surface area contributed by atoms with Gasteiger partial charge in [0.25, 0.3) is 0 Å². The van der Waals surface area contributed by atoms with E-state index in [0.29, 0.717) is 11.4 Å². The number of hydrogen-bond donors (Lipinski definition) is 2. The highest BCUT2D eigenvalue weighted by Crippen LogP contribution is 2.16. The van der Waals surface area contributed by atoms with Gasteiger partial charge in [0, 0.05) is 25.5 Å². The van der Waals surface area contributed by atoms with Crippen LogP contribution in [0.5, 0.6) is 0 Å². The van der Waals surface area contributed by atoms with Gasteiger partial charge < -0.3 is 10.6 Å². The summed E-state index contributed by atoms with van der Waals surface area (Å²) in [6.45, 7) is -0.127. The Morgan fingerprint density at radius 1 is 0.897 bits per heavy atom. The van der Waals surface area contributed by atoms with Gasteiger partial charge in [-0.15, -0.1) is 0 Å². The molecule has 0 heterocycles. The Labute approximate surface area is 169 Å². The van der Waals surface area contributed by atoms with Gasteiger partial charge in [0.05, 0.1) is 18.0 Å². The summed E-state index contributed by atoms with van der Waals surface area (Å²) in [6, 6.07) is 11.3. The molecule has 2 aromatic rings. The van der Waals surface area contributed by atoms with Crippen LogP contribution in [0, 0.1) is 5.82 Å². The van der Waals surface area contributed by atoms with Crippen molar-refractivity contribution in [2.45, 2.75) is 4.90 Å². The van der Waals surface area contributed by atoms with Crippen molar-refractivity contribution < 1.29 is 22.4 Å². The largest absolute Gasteiger partial charge is 0.325 e. The van der Waals surface area contributed by atoms with E-state index in [-0.39, 0.29) is 29.8 Å². The number of nitrogens with zero attached hydrogens (tertiary/aromatic N) is 2. The van der Waals surface area contributed by atoms with Crippen molar-refractivity contribution in [3.63, 3.8) is 0 Å². The molecule has 2 amide bonds. The molecule has 0 atom stereocenters. The molecule has 0 bridgehead atoms. The van der Waals surface area contributed by atoms with Crippen LogP contribution in [0.3, 0.4) is 0 Å². The van der Waals surface area contributed by atoms with Gasteiger partial charge in [-0.2, -0.15) is 0 Å². The molecule has 0 aliphatic heterocycles. The first-order valence-electron chi connectivity index (χ1n) is 8.64. The fourth-order valence-corrected chi connectivity index (χ4v) is 3.34. The number of sulfonamides is 1. The van der Waals surface area contributed by atoms with Gasteiger partial charge in [-0.05, 0) is 49.5 Å². The zero-order valence-electron chi connectivity index (χ0n) is 16.3. The van der Waals surface area contributed by atoms with E-state index in [1.165, 1.54) is 61.5 Å². The van der Waals surface area contributed by atoms with Gasteiger partial charge in [0.2, 0.25) is 21.8 Å². The number of hydrogen-bond acceptors (Lipinski definition) is 5. The monoisotopic (exact) mass is 422 g/mol. The molecule has 0 spiro atoms. The quantitative estimate of drug-likeness (QED) is 0.673. The van der Waals surface area contributed by atoms with Crippen LogP contribution in [0.2, 0.25) is 0 Å². The molecule has 8 nitrogen and oxygen atoms in total. The zero-order chi connectivity index (χ0) is 21.6. The van der Waals surface area contributed by atoms with Gasteiger partial charge >= 0.3 is 0 Å². The molecule has 29 heavy (non-hydrogen) atoms. The van der Waals surface area contributed by atoms with E-state index >= 15 is 0 Å². The van der Waals surface area contributed by atoms with Crippen molar-refractivity contribution in [3.05, 3.63) is 54.3 Å². The summed E-state index contributed by atoms with van der Waals surface area (Å²) in [5.41, 5.74) is 0.769. The lowest BCUT2D eigenvalue weighted by Gasteiger charge is -2.16. The van der Waals surface area contributed by atoms with Crippen LogP contribution in [0.15, 0.2) is 53.4 Å². The second-order valence-electron chi connectivity index (χ2n) is 6.59. The summed E-state index contributed by atoms with van der Waals surface area (Å²) in [5, 5.41) is 5.19. The fourth-order valence-electron chi connectivity index (χ4n) is 2.43. The first-order chi connectivity index (χ1) is 13.6. The molecular weight excluding hydrogens is 399 g/mol. The topological polar surface area (TPSA) is 98.8 Å². The third-order valence-electron chi connectivity index (χ3n) is 3.85. The molecule has 10 heteroatoms. The normalized spacial score (nSPS) is 11.5. The molecule has 0 fully saturated rings. The van der Waals surface area contributed by atoms with E-state index < -0.39 is 15.8 Å². The van der Waals surface area contributed by atoms with Crippen molar-refractivity contribution >= 4 is 33.2 Å². The average molecular weight is 422 g/mol. The van der Waals surface area contributed by atoms with Crippen LogP contribution in [0.4, 0.5) is 15.8 Å². The van der Waals surface area contributed by atoms with Crippen molar-refractivity contribution in [1.29, 1.82) is 0 Å². The van der Waals surface area contributed by atoms with Crippen molar-refractivity contribution in [1.82, 2.24) is 9.21 Å². The number of likely N-dealkylation sites (N-methyl/N-ethyl adjacent to an activating group) is 1. The average Bonchev–Trinajstić information content (AvgIpc) is 2.61. The lowest BCUT2D eigenvalue weighted by atomic mass is 10.3. The van der Waals surface area contributed by atoms with E-state index in [9.17, 15) is 22.4 Å². The number of rotatable bonds is 8. The lowest BCUT2D eigenvalue weighted by Crippen LogP contribution is -2.36. The molecule has 2 N–H and O–H groups in total. The predicted octanol–water partition coefficient (Wildman–Crippen LogP) is 1.58. The summed E-state index contributed by atoms with van der Waals surface area (Å²) in [5.74, 6) is -1.21. The van der Waals surface area contributed by atoms with Crippen molar-refractivity contribution in [3.8, 4) is 0 Å². The van der Waals surface area contributed by atoms with E-state index in [0.717, 1.165) is 4.31 Å². The molecule has 0 aromatic heterocycles. The molecular formula is C19H23FN4O4S. The summed E-state index contributed by atoms with van der Waals surface area (Å²) in [6.07, 6.45) is 0. The third-order valence-corrected chi connectivity index (χ3v) is 5.68. The van der Waals surface area contributed by atoms with E-state index in [2.05, 4.69) is 10.6 Å². The molecule has 0 unspecified atom stereocenters. The van der Waals surface area contributed by atoms with Gasteiger partial charge in [0.1, 0.15) is 5.82 Å². The lowest BCUT2D eigenvalue weighted by molar-refractivity contribution is -0.119. The molecule has 0 radical (unpaired) electrons. The van der Waals surface area contributed by atoms with Crippen LogP contribution in [-0.4, -0.2) is 63.7 Å². The Morgan fingerprint density at radius 2 is 1.45 bits per heavy atom. The number of carbonyl (C=O) groups is 2. The van der Waals surface area contributed by atoms with Gasteiger partial charge in [0.15, 0.2) is 0 Å². The summed E-state index contributed by atoms with van der Waals surface area (Å²) in [7, 11) is 0.928. The zero-order valence-corrected chi connectivity index (χ0v) is 17.2. The van der Waals surface area contributed by atoms with E-state index in [1.54, 1.807) is 13.1 Å². The van der Waals surface area contributed by atoms with Crippen molar-refractivity contribution in [2.75, 3.05) is 44.9 Å². The first-order valence-corrected chi connectivity index (χ1v) is 10.1. The second kappa shape index (κ2) is 9.59. The highest BCUT2D eigenvalue weighted by molar-refractivity contribution is 7.89. The van der Waals surface area contributed by atoms with Crippen LogP contribution < -0.4 is 10.6 Å². The number of nitrogens with one attached hydrogen (secondary N) is 2. The SMILES string of the molecule is CN(CC(=O)Nc1ccc(S(=O)(=O)N(C)C)cc1)CC(=O)Nc1cccc(F)c1. The molecule has 156 valence electrons. The van der Waals surface area contributed by atoms with E-state index in [1.807, 2.05) is 0 Å². The van der Waals surface area contributed by atoms with Gasteiger partial charge in [-0.1, -0.05) is 6.07 Å². The number of carbonyl (C=O) groups excluding carboxylic acids is 2. The Hall–Kier alpha value is -2.82. The highest BCUT2D eigenvalue weighted by Gasteiger charge is 2.17. The summed E-state index contributed by atoms with van der Waals surface area (Å²) in [4.78, 5) is 25.7. The Balaban J connectivity index is 1.86. The Kier molecular flexibility index (Phi) is 7.43. The maximum absolute atomic E-state index is 13.1.